The van der Waals surface area contributed by atoms with Crippen LogP contribution >= 0.6 is 0 Å². The molecule has 1 unspecified atom stereocenters. The van der Waals surface area contributed by atoms with Gasteiger partial charge in [0, 0.05) is 11.4 Å². The van der Waals surface area contributed by atoms with Crippen LogP contribution < -0.4 is 4.90 Å². The van der Waals surface area contributed by atoms with E-state index in [2.05, 4.69) is 53.4 Å². The second kappa shape index (κ2) is 5.75. The SMILES string of the molecule is O[C@H]1COCC(N2c3ccccc3CCc3ccccc32)C1. The summed E-state index contributed by atoms with van der Waals surface area (Å²) in [6.07, 6.45) is 2.49. The number of aryl methyl sites for hydroxylation is 2. The van der Waals surface area contributed by atoms with Crippen molar-refractivity contribution in [1.82, 2.24) is 0 Å². The molecular weight excluding hydrogens is 274 g/mol. The van der Waals surface area contributed by atoms with Crippen LogP contribution in [0.15, 0.2) is 48.5 Å². The molecule has 1 N–H and O–H groups in total. The first-order valence-corrected chi connectivity index (χ1v) is 8.04. The van der Waals surface area contributed by atoms with Crippen LogP contribution in [0.2, 0.25) is 0 Å². The first kappa shape index (κ1) is 13.8. The Morgan fingerprint density at radius 2 is 1.45 bits per heavy atom. The number of rotatable bonds is 1. The van der Waals surface area contributed by atoms with Gasteiger partial charge in [-0.3, -0.25) is 0 Å². The molecule has 0 aromatic heterocycles. The minimum Gasteiger partial charge on any atom is -0.391 e. The Morgan fingerprint density at radius 1 is 0.864 bits per heavy atom. The molecule has 2 aliphatic rings. The predicted octanol–water partition coefficient (Wildman–Crippen LogP) is 3.07. The first-order chi connectivity index (χ1) is 10.8. The van der Waals surface area contributed by atoms with Gasteiger partial charge < -0.3 is 14.7 Å². The van der Waals surface area contributed by atoms with Crippen molar-refractivity contribution in [2.45, 2.75) is 31.4 Å². The monoisotopic (exact) mass is 295 g/mol. The highest BCUT2D eigenvalue weighted by atomic mass is 16.5. The molecule has 0 bridgehead atoms. The van der Waals surface area contributed by atoms with Gasteiger partial charge in [0.2, 0.25) is 0 Å². The third-order valence-corrected chi connectivity index (χ3v) is 4.70. The van der Waals surface area contributed by atoms with Crippen LogP contribution in [0.4, 0.5) is 11.4 Å². The number of nitrogens with zero attached hydrogens (tertiary/aromatic N) is 1. The number of hydrogen-bond donors (Lipinski definition) is 1. The van der Waals surface area contributed by atoms with E-state index in [9.17, 15) is 5.11 Å². The average molecular weight is 295 g/mol. The minimum absolute atomic E-state index is 0.184. The van der Waals surface area contributed by atoms with Gasteiger partial charge in [-0.1, -0.05) is 36.4 Å². The van der Waals surface area contributed by atoms with Gasteiger partial charge in [-0.2, -0.15) is 0 Å². The van der Waals surface area contributed by atoms with E-state index in [1.54, 1.807) is 0 Å². The molecule has 3 heteroatoms. The van der Waals surface area contributed by atoms with E-state index < -0.39 is 0 Å². The number of anilines is 2. The van der Waals surface area contributed by atoms with E-state index in [1.807, 2.05) is 0 Å². The second-order valence-electron chi connectivity index (χ2n) is 6.21. The number of fused-ring (bicyclic) bond motifs is 2. The number of hydrogen-bond acceptors (Lipinski definition) is 3. The fourth-order valence-corrected chi connectivity index (χ4v) is 3.68. The van der Waals surface area contributed by atoms with Crippen LogP contribution in [0.5, 0.6) is 0 Å². The molecule has 22 heavy (non-hydrogen) atoms. The predicted molar refractivity (Wildman–Crippen MR) is 87.7 cm³/mol. The van der Waals surface area contributed by atoms with Gasteiger partial charge in [0.05, 0.1) is 25.4 Å². The van der Waals surface area contributed by atoms with E-state index in [4.69, 9.17) is 4.74 Å². The molecule has 2 atom stereocenters. The van der Waals surface area contributed by atoms with Crippen molar-refractivity contribution < 1.29 is 9.84 Å². The summed E-state index contributed by atoms with van der Waals surface area (Å²) in [6.45, 7) is 1.12. The Kier molecular flexibility index (Phi) is 3.60. The third kappa shape index (κ3) is 2.40. The fraction of sp³-hybridized carbons (Fsp3) is 0.368. The standard InChI is InChI=1S/C19H21NO2/c21-17-11-16(12-22-13-17)20-18-7-3-1-5-14(18)9-10-15-6-2-4-8-19(15)20/h1-8,16-17,21H,9-13H2/t16?,17-/m1/s1. The van der Waals surface area contributed by atoms with E-state index in [-0.39, 0.29) is 12.1 Å². The lowest BCUT2D eigenvalue weighted by atomic mass is 10.0. The normalized spacial score (nSPS) is 24.3. The van der Waals surface area contributed by atoms with E-state index in [0.717, 1.165) is 19.3 Å². The summed E-state index contributed by atoms with van der Waals surface area (Å²) in [5.41, 5.74) is 5.27. The van der Waals surface area contributed by atoms with Crippen molar-refractivity contribution in [3.8, 4) is 0 Å². The smallest absolute Gasteiger partial charge is 0.0794 e. The molecule has 0 saturated carbocycles. The Morgan fingerprint density at radius 3 is 2.05 bits per heavy atom. The molecule has 2 aliphatic heterocycles. The second-order valence-corrected chi connectivity index (χ2v) is 6.21. The summed E-state index contributed by atoms with van der Waals surface area (Å²) >= 11 is 0. The highest BCUT2D eigenvalue weighted by molar-refractivity contribution is 5.72. The number of ether oxygens (including phenoxy) is 1. The van der Waals surface area contributed by atoms with Gasteiger partial charge in [0.15, 0.2) is 0 Å². The minimum atomic E-state index is -0.374. The summed E-state index contributed by atoms with van der Waals surface area (Å²) < 4.78 is 5.63. The molecular formula is C19H21NO2. The van der Waals surface area contributed by atoms with Crippen LogP contribution in [-0.4, -0.2) is 30.5 Å². The lowest BCUT2D eigenvalue weighted by Gasteiger charge is -2.38. The lowest BCUT2D eigenvalue weighted by Crippen LogP contribution is -2.43. The summed E-state index contributed by atoms with van der Waals surface area (Å²) in [7, 11) is 0. The molecule has 114 valence electrons. The summed E-state index contributed by atoms with van der Waals surface area (Å²) in [5, 5.41) is 10.0. The molecule has 1 saturated heterocycles. The molecule has 1 fully saturated rings. The van der Waals surface area contributed by atoms with Gasteiger partial charge >= 0.3 is 0 Å². The van der Waals surface area contributed by atoms with Crippen molar-refractivity contribution in [2.75, 3.05) is 18.1 Å². The maximum atomic E-state index is 10.0. The zero-order valence-electron chi connectivity index (χ0n) is 12.6. The maximum Gasteiger partial charge on any atom is 0.0794 e. The largest absolute Gasteiger partial charge is 0.391 e. The van der Waals surface area contributed by atoms with Crippen LogP contribution in [0.25, 0.3) is 0 Å². The number of para-hydroxylation sites is 2. The number of aliphatic hydroxyl groups excluding tert-OH is 1. The van der Waals surface area contributed by atoms with Gasteiger partial charge in [0.25, 0.3) is 0 Å². The Hall–Kier alpha value is -1.84. The van der Waals surface area contributed by atoms with Crippen LogP contribution in [-0.2, 0) is 17.6 Å². The molecule has 0 amide bonds. The van der Waals surface area contributed by atoms with Gasteiger partial charge in [-0.05, 0) is 42.5 Å². The van der Waals surface area contributed by atoms with E-state index in [0.29, 0.717) is 13.2 Å². The quantitative estimate of drug-likeness (QED) is 0.877. The van der Waals surface area contributed by atoms with Crippen LogP contribution in [0.1, 0.15) is 17.5 Å². The number of benzene rings is 2. The van der Waals surface area contributed by atoms with Gasteiger partial charge in [-0.25, -0.2) is 0 Å². The molecule has 0 radical (unpaired) electrons. The molecule has 3 nitrogen and oxygen atoms in total. The maximum absolute atomic E-state index is 10.0. The zero-order valence-corrected chi connectivity index (χ0v) is 12.6. The Bertz CT molecular complexity index is 622. The number of aliphatic hydroxyl groups is 1. The van der Waals surface area contributed by atoms with Crippen LogP contribution in [0, 0.1) is 0 Å². The topological polar surface area (TPSA) is 32.7 Å². The summed E-state index contributed by atoms with van der Waals surface area (Å²) in [4.78, 5) is 2.39. The molecule has 0 aliphatic carbocycles. The van der Waals surface area contributed by atoms with Crippen molar-refractivity contribution >= 4 is 11.4 Å². The highest BCUT2D eigenvalue weighted by Gasteiger charge is 2.31. The third-order valence-electron chi connectivity index (χ3n) is 4.70. The molecule has 4 rings (SSSR count). The Balaban J connectivity index is 1.83. The van der Waals surface area contributed by atoms with E-state index >= 15 is 0 Å². The van der Waals surface area contributed by atoms with Crippen molar-refractivity contribution in [1.29, 1.82) is 0 Å². The molecule has 0 spiro atoms. The molecule has 2 aromatic rings. The van der Waals surface area contributed by atoms with Crippen molar-refractivity contribution in [3.05, 3.63) is 59.7 Å². The summed E-state index contributed by atoms with van der Waals surface area (Å²) in [6, 6.07) is 17.4. The molecule has 2 aromatic carbocycles. The van der Waals surface area contributed by atoms with Crippen molar-refractivity contribution in [3.63, 3.8) is 0 Å². The van der Waals surface area contributed by atoms with E-state index in [1.165, 1.54) is 22.5 Å². The fourth-order valence-electron chi connectivity index (χ4n) is 3.68. The van der Waals surface area contributed by atoms with Crippen LogP contribution in [0.3, 0.4) is 0 Å². The summed E-state index contributed by atoms with van der Waals surface area (Å²) in [5.74, 6) is 0. The van der Waals surface area contributed by atoms with Crippen molar-refractivity contribution in [2.24, 2.45) is 0 Å². The highest BCUT2D eigenvalue weighted by Crippen LogP contribution is 2.38. The molecule has 2 heterocycles. The van der Waals surface area contributed by atoms with Gasteiger partial charge in [-0.15, -0.1) is 0 Å². The average Bonchev–Trinajstić information content (AvgIpc) is 2.71. The first-order valence-electron chi connectivity index (χ1n) is 8.04. The Labute approximate surface area is 131 Å². The van der Waals surface area contributed by atoms with Gasteiger partial charge in [0.1, 0.15) is 0 Å². The zero-order chi connectivity index (χ0) is 14.9. The lowest BCUT2D eigenvalue weighted by molar-refractivity contribution is -0.0154.